The minimum atomic E-state index is -0.199. The van der Waals surface area contributed by atoms with Crippen molar-refractivity contribution in [3.63, 3.8) is 0 Å². The molecule has 0 saturated carbocycles. The Bertz CT molecular complexity index is 2510. The lowest BCUT2D eigenvalue weighted by Gasteiger charge is -2.34. The molecular formula is C51H39N. The van der Waals surface area contributed by atoms with E-state index in [4.69, 9.17) is 0 Å². The number of fused-ring (bicyclic) bond motifs is 3. The van der Waals surface area contributed by atoms with Crippen LogP contribution >= 0.6 is 0 Å². The molecule has 0 unspecified atom stereocenters. The lowest BCUT2D eigenvalue weighted by atomic mass is 9.81. The highest BCUT2D eigenvalue weighted by atomic mass is 15.1. The van der Waals surface area contributed by atoms with Gasteiger partial charge in [0.15, 0.2) is 0 Å². The zero-order valence-electron chi connectivity index (χ0n) is 29.5. The van der Waals surface area contributed by atoms with E-state index in [1.165, 1.54) is 72.4 Å². The zero-order chi connectivity index (χ0) is 35.1. The van der Waals surface area contributed by atoms with E-state index in [1.54, 1.807) is 0 Å². The third-order valence-electron chi connectivity index (χ3n) is 10.7. The van der Waals surface area contributed by atoms with E-state index in [-0.39, 0.29) is 5.41 Å². The van der Waals surface area contributed by atoms with Crippen LogP contribution in [-0.2, 0) is 5.41 Å². The summed E-state index contributed by atoms with van der Waals surface area (Å²) in [6, 6.07) is 72.8. The van der Waals surface area contributed by atoms with Crippen molar-refractivity contribution in [2.45, 2.75) is 19.3 Å². The van der Waals surface area contributed by atoms with Gasteiger partial charge in [-0.3, -0.25) is 0 Å². The standard InChI is InChI=1S/C51H39N/c1-51(2)46-28-13-12-25-44(46)45-27-16-30-48(50(45)51)52(42-33-31-38(32-34-42)36-17-6-3-7-18-36)47-29-15-26-43(39-21-10-5-11-22-39)49(47)41-24-14-23-40(35-41)37-19-8-4-9-20-37/h3-35H,1-2H3. The minimum Gasteiger partial charge on any atom is -0.310 e. The SMILES string of the molecule is CC1(C)c2ccccc2-c2cccc(N(c3ccc(-c4ccccc4)cc3)c3cccc(-c4ccccc4)c3-c3cccc(-c4ccccc4)c3)c21. The first-order chi connectivity index (χ1) is 25.6. The van der Waals surface area contributed by atoms with Gasteiger partial charge in [-0.25, -0.2) is 0 Å². The fourth-order valence-corrected chi connectivity index (χ4v) is 8.22. The van der Waals surface area contributed by atoms with Crippen molar-refractivity contribution in [3.8, 4) is 55.6 Å². The minimum absolute atomic E-state index is 0.199. The maximum atomic E-state index is 2.51. The second-order valence-corrected chi connectivity index (χ2v) is 14.1. The molecule has 0 saturated heterocycles. The third-order valence-corrected chi connectivity index (χ3v) is 10.7. The summed E-state index contributed by atoms with van der Waals surface area (Å²) in [5.41, 5.74) is 18.2. The second-order valence-electron chi connectivity index (χ2n) is 14.1. The molecule has 1 aliphatic rings. The maximum Gasteiger partial charge on any atom is 0.0546 e. The normalized spacial score (nSPS) is 12.6. The molecule has 1 heteroatoms. The molecule has 0 bridgehead atoms. The quantitative estimate of drug-likeness (QED) is 0.164. The van der Waals surface area contributed by atoms with Crippen LogP contribution in [0.15, 0.2) is 200 Å². The molecule has 0 atom stereocenters. The third kappa shape index (κ3) is 5.43. The van der Waals surface area contributed by atoms with Gasteiger partial charge in [-0.15, -0.1) is 0 Å². The monoisotopic (exact) mass is 665 g/mol. The molecule has 0 fully saturated rings. The first kappa shape index (κ1) is 31.5. The molecule has 0 heterocycles. The Kier molecular flexibility index (Phi) is 7.90. The van der Waals surface area contributed by atoms with E-state index in [0.29, 0.717) is 0 Å². The van der Waals surface area contributed by atoms with E-state index in [0.717, 1.165) is 11.4 Å². The van der Waals surface area contributed by atoms with Gasteiger partial charge in [-0.1, -0.05) is 184 Å². The molecule has 9 rings (SSSR count). The summed E-state index contributed by atoms with van der Waals surface area (Å²) in [4.78, 5) is 2.51. The van der Waals surface area contributed by atoms with Crippen LogP contribution in [0.3, 0.4) is 0 Å². The van der Waals surface area contributed by atoms with Crippen LogP contribution in [0.2, 0.25) is 0 Å². The van der Waals surface area contributed by atoms with E-state index >= 15 is 0 Å². The lowest BCUT2D eigenvalue weighted by molar-refractivity contribution is 0.661. The van der Waals surface area contributed by atoms with Gasteiger partial charge in [0.1, 0.15) is 0 Å². The largest absolute Gasteiger partial charge is 0.310 e. The molecule has 248 valence electrons. The Morgan fingerprint density at radius 1 is 0.346 bits per heavy atom. The van der Waals surface area contributed by atoms with Crippen LogP contribution in [0.4, 0.5) is 17.1 Å². The number of anilines is 3. The Morgan fingerprint density at radius 2 is 0.827 bits per heavy atom. The molecule has 1 nitrogen and oxygen atoms in total. The number of hydrogen-bond donors (Lipinski definition) is 0. The highest BCUT2D eigenvalue weighted by molar-refractivity contribution is 5.99. The van der Waals surface area contributed by atoms with Crippen molar-refractivity contribution in [2.75, 3.05) is 4.90 Å². The first-order valence-corrected chi connectivity index (χ1v) is 18.1. The van der Waals surface area contributed by atoms with Crippen molar-refractivity contribution < 1.29 is 0 Å². The maximum absolute atomic E-state index is 2.51. The molecule has 0 N–H and O–H groups in total. The van der Waals surface area contributed by atoms with Crippen LogP contribution in [-0.4, -0.2) is 0 Å². The molecular weight excluding hydrogens is 627 g/mol. The van der Waals surface area contributed by atoms with E-state index in [9.17, 15) is 0 Å². The van der Waals surface area contributed by atoms with E-state index in [1.807, 2.05) is 0 Å². The Balaban J connectivity index is 1.33. The van der Waals surface area contributed by atoms with Crippen LogP contribution in [0, 0.1) is 0 Å². The number of benzene rings is 8. The van der Waals surface area contributed by atoms with Gasteiger partial charge in [0.2, 0.25) is 0 Å². The summed E-state index contributed by atoms with van der Waals surface area (Å²) < 4.78 is 0. The number of nitrogens with zero attached hydrogens (tertiary/aromatic N) is 1. The first-order valence-electron chi connectivity index (χ1n) is 18.1. The van der Waals surface area contributed by atoms with Crippen molar-refractivity contribution in [3.05, 3.63) is 211 Å². The van der Waals surface area contributed by atoms with Crippen LogP contribution in [0.1, 0.15) is 25.0 Å². The van der Waals surface area contributed by atoms with E-state index < -0.39 is 0 Å². The molecule has 0 aromatic heterocycles. The summed E-state index contributed by atoms with van der Waals surface area (Å²) in [5, 5.41) is 0. The topological polar surface area (TPSA) is 3.24 Å². The molecule has 0 aliphatic heterocycles. The molecule has 0 spiro atoms. The average Bonchev–Trinajstić information content (AvgIpc) is 3.45. The lowest BCUT2D eigenvalue weighted by Crippen LogP contribution is -2.21. The molecule has 8 aromatic carbocycles. The predicted octanol–water partition coefficient (Wildman–Crippen LogP) is 14.1. The number of rotatable bonds is 7. The van der Waals surface area contributed by atoms with Crippen molar-refractivity contribution in [1.29, 1.82) is 0 Å². The van der Waals surface area contributed by atoms with Crippen molar-refractivity contribution in [2.24, 2.45) is 0 Å². The van der Waals surface area contributed by atoms with Gasteiger partial charge < -0.3 is 4.90 Å². The van der Waals surface area contributed by atoms with Gasteiger partial charge in [-0.05, 0) is 91.5 Å². The highest BCUT2D eigenvalue weighted by Crippen LogP contribution is 2.55. The summed E-state index contributed by atoms with van der Waals surface area (Å²) in [6.07, 6.45) is 0. The van der Waals surface area contributed by atoms with Gasteiger partial charge in [-0.2, -0.15) is 0 Å². The van der Waals surface area contributed by atoms with Crippen molar-refractivity contribution >= 4 is 17.1 Å². The summed E-state index contributed by atoms with van der Waals surface area (Å²) in [7, 11) is 0. The number of hydrogen-bond acceptors (Lipinski definition) is 1. The molecule has 0 radical (unpaired) electrons. The Morgan fingerprint density at radius 3 is 1.52 bits per heavy atom. The Hall–Kier alpha value is -6.44. The second kappa shape index (κ2) is 13.0. The Labute approximate surface area is 307 Å². The summed E-state index contributed by atoms with van der Waals surface area (Å²) >= 11 is 0. The highest BCUT2D eigenvalue weighted by Gasteiger charge is 2.39. The van der Waals surface area contributed by atoms with Gasteiger partial charge >= 0.3 is 0 Å². The van der Waals surface area contributed by atoms with Crippen LogP contribution < -0.4 is 4.90 Å². The smallest absolute Gasteiger partial charge is 0.0546 e. The molecule has 1 aliphatic carbocycles. The molecule has 8 aromatic rings. The van der Waals surface area contributed by atoms with Gasteiger partial charge in [0.25, 0.3) is 0 Å². The van der Waals surface area contributed by atoms with Gasteiger partial charge in [0.05, 0.1) is 11.4 Å². The fraction of sp³-hybridized carbons (Fsp3) is 0.0588. The summed E-state index contributed by atoms with van der Waals surface area (Å²) in [5.74, 6) is 0. The zero-order valence-corrected chi connectivity index (χ0v) is 29.5. The summed E-state index contributed by atoms with van der Waals surface area (Å²) in [6.45, 7) is 4.75. The van der Waals surface area contributed by atoms with Gasteiger partial charge in [0, 0.05) is 16.7 Å². The average molecular weight is 666 g/mol. The van der Waals surface area contributed by atoms with E-state index in [2.05, 4.69) is 219 Å². The van der Waals surface area contributed by atoms with Crippen LogP contribution in [0.25, 0.3) is 55.6 Å². The predicted molar refractivity (Wildman–Crippen MR) is 220 cm³/mol. The molecule has 0 amide bonds. The fourth-order valence-electron chi connectivity index (χ4n) is 8.22. The van der Waals surface area contributed by atoms with Crippen LogP contribution in [0.5, 0.6) is 0 Å². The molecule has 52 heavy (non-hydrogen) atoms. The van der Waals surface area contributed by atoms with Crippen molar-refractivity contribution in [1.82, 2.24) is 0 Å².